The molecule has 8 heteroatoms. The van der Waals surface area contributed by atoms with Crippen molar-refractivity contribution in [2.75, 3.05) is 11.9 Å². The van der Waals surface area contributed by atoms with E-state index in [0.29, 0.717) is 5.69 Å². The summed E-state index contributed by atoms with van der Waals surface area (Å²) in [6, 6.07) is 4.65. The predicted octanol–water partition coefficient (Wildman–Crippen LogP) is 1.62. The van der Waals surface area contributed by atoms with Gasteiger partial charge in [0.2, 0.25) is 0 Å². The van der Waals surface area contributed by atoms with E-state index in [1.807, 2.05) is 0 Å². The maximum Gasteiger partial charge on any atom is 0.334 e. The van der Waals surface area contributed by atoms with E-state index in [1.165, 1.54) is 0 Å². The summed E-state index contributed by atoms with van der Waals surface area (Å²) in [4.78, 5) is 21.7. The van der Waals surface area contributed by atoms with Gasteiger partial charge in [0, 0.05) is 13.7 Å². The van der Waals surface area contributed by atoms with E-state index in [4.69, 9.17) is 10.2 Å². The van der Waals surface area contributed by atoms with Crippen LogP contribution in [0.2, 0.25) is 0 Å². The third-order valence-electron chi connectivity index (χ3n) is 1.92. The molecule has 0 spiro atoms. The van der Waals surface area contributed by atoms with Gasteiger partial charge in [-0.05, 0) is 56.7 Å². The summed E-state index contributed by atoms with van der Waals surface area (Å²) in [5.74, 6) is -1.38. The van der Waals surface area contributed by atoms with Crippen molar-refractivity contribution >= 4 is 56.2 Å². The number of urea groups is 1. The number of carbonyl (C=O) groups is 2. The first-order valence-electron chi connectivity index (χ1n) is 4.81. The lowest BCUT2D eigenvalue weighted by atomic mass is 10.3. The highest BCUT2D eigenvalue weighted by Crippen LogP contribution is 2.22. The zero-order valence-corrected chi connectivity index (χ0v) is 12.7. The van der Waals surface area contributed by atoms with Gasteiger partial charge in [-0.3, -0.25) is 0 Å². The quantitative estimate of drug-likeness (QED) is 0.547. The number of hydrogen-bond acceptors (Lipinski definition) is 3. The van der Waals surface area contributed by atoms with E-state index in [1.54, 1.807) is 18.2 Å². The van der Waals surface area contributed by atoms with Crippen LogP contribution in [0.15, 0.2) is 22.7 Å². The fourth-order valence-electron chi connectivity index (χ4n) is 1.03. The predicted molar refractivity (Wildman–Crippen MR) is 77.5 cm³/mol. The molecule has 18 heavy (non-hydrogen) atoms. The van der Waals surface area contributed by atoms with Gasteiger partial charge in [0.15, 0.2) is 6.10 Å². The molecule has 1 atom stereocenters. The van der Waals surface area contributed by atoms with Crippen LogP contribution >= 0.6 is 38.5 Å². The number of carboxylic acids is 1. The molecule has 0 heterocycles. The van der Waals surface area contributed by atoms with Crippen molar-refractivity contribution in [1.29, 1.82) is 0 Å². The smallest absolute Gasteiger partial charge is 0.334 e. The standard InChI is InChI=1S/C10H10BrIN2O4/c11-6-2-1-5(3-7(6)12)14-10(18)13-4-8(15)9(16)17/h1-3,8,15H,4H2,(H,16,17)(H2,13,14,18). The Balaban J connectivity index is 2.49. The summed E-state index contributed by atoms with van der Waals surface area (Å²) in [6.45, 7) is -0.352. The highest BCUT2D eigenvalue weighted by molar-refractivity contribution is 14.1. The normalized spacial score (nSPS) is 11.7. The van der Waals surface area contributed by atoms with Crippen LogP contribution in [0.5, 0.6) is 0 Å². The highest BCUT2D eigenvalue weighted by Gasteiger charge is 2.14. The molecule has 1 aromatic carbocycles. The molecule has 0 bridgehead atoms. The van der Waals surface area contributed by atoms with E-state index < -0.39 is 18.1 Å². The average Bonchev–Trinajstić information content (AvgIpc) is 2.30. The lowest BCUT2D eigenvalue weighted by molar-refractivity contribution is -0.146. The van der Waals surface area contributed by atoms with Gasteiger partial charge >= 0.3 is 12.0 Å². The topological polar surface area (TPSA) is 98.7 Å². The molecule has 0 aliphatic rings. The number of nitrogens with one attached hydrogen (secondary N) is 2. The zero-order valence-electron chi connectivity index (χ0n) is 8.98. The number of hydrogen-bond donors (Lipinski definition) is 4. The van der Waals surface area contributed by atoms with Gasteiger partial charge in [0.1, 0.15) is 0 Å². The number of carboxylic acid groups (broad SMARTS) is 1. The lowest BCUT2D eigenvalue weighted by Crippen LogP contribution is -2.38. The summed E-state index contributed by atoms with van der Waals surface area (Å²) in [7, 11) is 0. The average molecular weight is 429 g/mol. The summed E-state index contributed by atoms with van der Waals surface area (Å²) >= 11 is 5.43. The Morgan fingerprint density at radius 2 is 2.11 bits per heavy atom. The molecule has 1 rings (SSSR count). The van der Waals surface area contributed by atoms with Gasteiger partial charge < -0.3 is 20.8 Å². The molecule has 2 amide bonds. The molecule has 0 fully saturated rings. The molecule has 4 N–H and O–H groups in total. The molecular formula is C10H10BrIN2O4. The molecule has 1 unspecified atom stereocenters. The molecule has 6 nitrogen and oxygen atoms in total. The first-order valence-corrected chi connectivity index (χ1v) is 6.68. The van der Waals surface area contributed by atoms with E-state index in [0.717, 1.165) is 8.04 Å². The highest BCUT2D eigenvalue weighted by atomic mass is 127. The van der Waals surface area contributed by atoms with E-state index in [2.05, 4.69) is 49.2 Å². The number of anilines is 1. The van der Waals surface area contributed by atoms with Gasteiger partial charge in [0.25, 0.3) is 0 Å². The third kappa shape index (κ3) is 4.78. The second-order valence-electron chi connectivity index (χ2n) is 3.32. The fourth-order valence-corrected chi connectivity index (χ4v) is 1.79. The molecule has 0 saturated heterocycles. The molecule has 0 aliphatic carbocycles. The lowest BCUT2D eigenvalue weighted by Gasteiger charge is -2.10. The second-order valence-corrected chi connectivity index (χ2v) is 5.33. The Hall–Kier alpha value is -0.870. The first-order chi connectivity index (χ1) is 8.40. The third-order valence-corrected chi connectivity index (χ3v) is 4.24. The van der Waals surface area contributed by atoms with Crippen LogP contribution in [0.1, 0.15) is 0 Å². The van der Waals surface area contributed by atoms with E-state index >= 15 is 0 Å². The maximum absolute atomic E-state index is 11.4. The summed E-state index contributed by atoms with van der Waals surface area (Å²) < 4.78 is 1.84. The van der Waals surface area contributed by atoms with Crippen LogP contribution in [-0.4, -0.2) is 34.9 Å². The molecule has 0 aliphatic heterocycles. The Morgan fingerprint density at radius 1 is 1.44 bits per heavy atom. The molecule has 0 aromatic heterocycles. The summed E-state index contributed by atoms with van der Waals surface area (Å²) in [5, 5.41) is 22.2. The largest absolute Gasteiger partial charge is 0.479 e. The number of aliphatic hydroxyl groups is 1. The van der Waals surface area contributed by atoms with E-state index in [-0.39, 0.29) is 6.54 Å². The van der Waals surface area contributed by atoms with E-state index in [9.17, 15) is 9.59 Å². The summed E-state index contributed by atoms with van der Waals surface area (Å²) in [6.07, 6.45) is -1.61. The first kappa shape index (κ1) is 15.2. The van der Waals surface area contributed by atoms with Crippen molar-refractivity contribution in [3.05, 3.63) is 26.2 Å². The van der Waals surface area contributed by atoms with Crippen LogP contribution in [0.25, 0.3) is 0 Å². The molecule has 98 valence electrons. The van der Waals surface area contributed by atoms with Gasteiger partial charge in [-0.25, -0.2) is 9.59 Å². The van der Waals surface area contributed by atoms with Gasteiger partial charge in [-0.2, -0.15) is 0 Å². The fraction of sp³-hybridized carbons (Fsp3) is 0.200. The Kier molecular flexibility index (Phi) is 5.82. The number of amides is 2. The van der Waals surface area contributed by atoms with Gasteiger partial charge in [0.05, 0.1) is 6.54 Å². The molecular weight excluding hydrogens is 419 g/mol. The van der Waals surface area contributed by atoms with Crippen LogP contribution in [0.4, 0.5) is 10.5 Å². The number of aliphatic hydroxyl groups excluding tert-OH is 1. The molecule has 0 radical (unpaired) electrons. The zero-order chi connectivity index (χ0) is 13.7. The van der Waals surface area contributed by atoms with Crippen molar-refractivity contribution in [1.82, 2.24) is 5.32 Å². The van der Waals surface area contributed by atoms with Gasteiger partial charge in [-0.1, -0.05) is 0 Å². The Morgan fingerprint density at radius 3 is 2.67 bits per heavy atom. The molecule has 0 saturated carbocycles. The van der Waals surface area contributed by atoms with Crippen LogP contribution in [0.3, 0.4) is 0 Å². The second kappa shape index (κ2) is 6.90. The van der Waals surface area contributed by atoms with Crippen molar-refractivity contribution in [2.45, 2.75) is 6.10 Å². The van der Waals surface area contributed by atoms with Gasteiger partial charge in [-0.15, -0.1) is 0 Å². The van der Waals surface area contributed by atoms with Crippen molar-refractivity contribution < 1.29 is 19.8 Å². The van der Waals surface area contributed by atoms with Crippen molar-refractivity contribution in [3.8, 4) is 0 Å². The maximum atomic E-state index is 11.4. The number of aliphatic carboxylic acids is 1. The number of halogens is 2. The van der Waals surface area contributed by atoms with Crippen molar-refractivity contribution in [3.63, 3.8) is 0 Å². The Labute approximate surface area is 125 Å². The van der Waals surface area contributed by atoms with Crippen molar-refractivity contribution in [2.24, 2.45) is 0 Å². The van der Waals surface area contributed by atoms with Crippen LogP contribution < -0.4 is 10.6 Å². The minimum atomic E-state index is -1.61. The number of rotatable bonds is 4. The summed E-state index contributed by atoms with van der Waals surface area (Å²) in [5.41, 5.74) is 0.574. The monoisotopic (exact) mass is 428 g/mol. The molecule has 1 aromatic rings. The minimum Gasteiger partial charge on any atom is -0.479 e. The minimum absolute atomic E-state index is 0.352. The van der Waals surface area contributed by atoms with Crippen LogP contribution in [-0.2, 0) is 4.79 Å². The SMILES string of the molecule is O=C(NCC(O)C(=O)O)Nc1ccc(Br)c(I)c1. The Bertz CT molecular complexity index is 469. The van der Waals surface area contributed by atoms with Crippen LogP contribution in [0, 0.1) is 3.57 Å². The number of benzene rings is 1. The number of carbonyl (C=O) groups excluding carboxylic acids is 1.